The number of aromatic nitrogens is 2. The molecule has 0 saturated heterocycles. The van der Waals surface area contributed by atoms with Gasteiger partial charge in [0.2, 0.25) is 0 Å². The number of nitrogens with one attached hydrogen (secondary N) is 1. The fraction of sp³-hybridized carbons (Fsp3) is 0.316. The van der Waals surface area contributed by atoms with Gasteiger partial charge in [-0.25, -0.2) is 0 Å². The molecular formula is C19H23N3O. The number of nitrogens with zero attached hydrogens (tertiary/aromatic N) is 2. The van der Waals surface area contributed by atoms with E-state index in [0.717, 1.165) is 41.9 Å². The average molecular weight is 309 g/mol. The normalized spacial score (nSPS) is 10.9. The third-order valence-corrected chi connectivity index (χ3v) is 4.21. The summed E-state index contributed by atoms with van der Waals surface area (Å²) < 4.78 is 7.74. The van der Waals surface area contributed by atoms with E-state index in [1.54, 1.807) is 7.11 Å². The quantitative estimate of drug-likeness (QED) is 0.695. The van der Waals surface area contributed by atoms with Crippen molar-refractivity contribution in [2.45, 2.75) is 26.8 Å². The van der Waals surface area contributed by atoms with Gasteiger partial charge in [-0.15, -0.1) is 0 Å². The molecule has 0 aliphatic carbocycles. The van der Waals surface area contributed by atoms with Crippen LogP contribution in [0.15, 0.2) is 42.6 Å². The van der Waals surface area contributed by atoms with Crippen molar-refractivity contribution in [2.75, 3.05) is 19.0 Å². The molecular weight excluding hydrogens is 286 g/mol. The van der Waals surface area contributed by atoms with Crippen LogP contribution in [0.2, 0.25) is 0 Å². The van der Waals surface area contributed by atoms with Crippen LogP contribution in [0.5, 0.6) is 5.75 Å². The Morgan fingerprint density at radius 1 is 1.13 bits per heavy atom. The van der Waals surface area contributed by atoms with E-state index in [0.29, 0.717) is 0 Å². The van der Waals surface area contributed by atoms with Crippen molar-refractivity contribution in [1.82, 2.24) is 9.55 Å². The Labute approximate surface area is 137 Å². The van der Waals surface area contributed by atoms with Crippen molar-refractivity contribution in [2.24, 2.45) is 0 Å². The molecule has 1 aromatic carbocycles. The summed E-state index contributed by atoms with van der Waals surface area (Å²) in [4.78, 5) is 4.49. The monoisotopic (exact) mass is 309 g/mol. The smallest absolute Gasteiger partial charge is 0.121 e. The largest absolute Gasteiger partial charge is 0.497 e. The fourth-order valence-corrected chi connectivity index (χ4v) is 2.93. The van der Waals surface area contributed by atoms with Crippen molar-refractivity contribution in [3.63, 3.8) is 0 Å². The van der Waals surface area contributed by atoms with Gasteiger partial charge in [0, 0.05) is 42.1 Å². The summed E-state index contributed by atoms with van der Waals surface area (Å²) in [5, 5.41) is 4.60. The van der Waals surface area contributed by atoms with Gasteiger partial charge < -0.3 is 14.6 Å². The average Bonchev–Trinajstić information content (AvgIpc) is 2.89. The standard InChI is InChI=1S/C19H23N3O/c1-14-7-8-15(2)22(14)11-5-10-20-18-13-17(23-3)12-16-6-4-9-21-19(16)18/h4,6-9,12-13,20H,5,10-11H2,1-3H3. The molecule has 23 heavy (non-hydrogen) atoms. The highest BCUT2D eigenvalue weighted by atomic mass is 16.5. The van der Waals surface area contributed by atoms with E-state index in [1.165, 1.54) is 11.4 Å². The fourth-order valence-electron chi connectivity index (χ4n) is 2.93. The molecule has 120 valence electrons. The number of hydrogen-bond donors (Lipinski definition) is 1. The second-order valence-corrected chi connectivity index (χ2v) is 5.80. The van der Waals surface area contributed by atoms with Crippen LogP contribution >= 0.6 is 0 Å². The van der Waals surface area contributed by atoms with Crippen LogP contribution in [0.4, 0.5) is 5.69 Å². The molecule has 3 rings (SSSR count). The number of ether oxygens (including phenoxy) is 1. The van der Waals surface area contributed by atoms with Gasteiger partial charge >= 0.3 is 0 Å². The lowest BCUT2D eigenvalue weighted by molar-refractivity contribution is 0.415. The molecule has 0 fully saturated rings. The zero-order valence-electron chi connectivity index (χ0n) is 14.0. The third-order valence-electron chi connectivity index (χ3n) is 4.21. The zero-order valence-corrected chi connectivity index (χ0v) is 14.0. The SMILES string of the molecule is COc1cc(NCCCn2c(C)ccc2C)c2ncccc2c1. The summed E-state index contributed by atoms with van der Waals surface area (Å²) in [6.07, 6.45) is 2.88. The van der Waals surface area contributed by atoms with Gasteiger partial charge in [0.15, 0.2) is 0 Å². The second-order valence-electron chi connectivity index (χ2n) is 5.80. The maximum atomic E-state index is 5.39. The van der Waals surface area contributed by atoms with Crippen LogP contribution in [0.1, 0.15) is 17.8 Å². The summed E-state index contributed by atoms with van der Waals surface area (Å²) in [6, 6.07) is 12.4. The molecule has 1 N–H and O–H groups in total. The first-order chi connectivity index (χ1) is 11.2. The van der Waals surface area contributed by atoms with E-state index in [9.17, 15) is 0 Å². The number of rotatable bonds is 6. The van der Waals surface area contributed by atoms with E-state index < -0.39 is 0 Å². The number of hydrogen-bond acceptors (Lipinski definition) is 3. The third kappa shape index (κ3) is 3.31. The van der Waals surface area contributed by atoms with E-state index in [-0.39, 0.29) is 0 Å². The van der Waals surface area contributed by atoms with Crippen LogP contribution in [0.3, 0.4) is 0 Å². The predicted molar refractivity (Wildman–Crippen MR) is 95.3 cm³/mol. The Morgan fingerprint density at radius 3 is 2.65 bits per heavy atom. The van der Waals surface area contributed by atoms with E-state index in [2.05, 4.69) is 46.9 Å². The number of anilines is 1. The van der Waals surface area contributed by atoms with Crippen LogP contribution in [0, 0.1) is 13.8 Å². The van der Waals surface area contributed by atoms with Gasteiger partial charge in [-0.3, -0.25) is 4.98 Å². The first-order valence-corrected chi connectivity index (χ1v) is 7.98. The highest BCUT2D eigenvalue weighted by Crippen LogP contribution is 2.27. The van der Waals surface area contributed by atoms with E-state index >= 15 is 0 Å². The lowest BCUT2D eigenvalue weighted by atomic mass is 10.1. The molecule has 0 aliphatic rings. The summed E-state index contributed by atoms with van der Waals surface area (Å²) in [6.45, 7) is 6.22. The Bertz CT molecular complexity index is 788. The molecule has 0 radical (unpaired) electrons. The van der Waals surface area contributed by atoms with Crippen molar-refractivity contribution < 1.29 is 4.74 Å². The Kier molecular flexibility index (Phi) is 4.51. The van der Waals surface area contributed by atoms with Gasteiger partial charge in [-0.05, 0) is 44.5 Å². The molecule has 4 heteroatoms. The number of pyridine rings is 1. The van der Waals surface area contributed by atoms with E-state index in [1.807, 2.05) is 24.4 Å². The minimum absolute atomic E-state index is 0.852. The summed E-state index contributed by atoms with van der Waals surface area (Å²) in [5.41, 5.74) is 4.65. The Balaban J connectivity index is 1.69. The number of benzene rings is 1. The number of aryl methyl sites for hydroxylation is 2. The van der Waals surface area contributed by atoms with Crippen LogP contribution in [-0.2, 0) is 6.54 Å². The minimum Gasteiger partial charge on any atom is -0.497 e. The van der Waals surface area contributed by atoms with Gasteiger partial charge in [0.25, 0.3) is 0 Å². The summed E-state index contributed by atoms with van der Waals surface area (Å²) >= 11 is 0. The van der Waals surface area contributed by atoms with Crippen LogP contribution < -0.4 is 10.1 Å². The highest BCUT2D eigenvalue weighted by molar-refractivity contribution is 5.91. The first kappa shape index (κ1) is 15.4. The molecule has 0 spiro atoms. The Hall–Kier alpha value is -2.49. The molecule has 0 amide bonds. The first-order valence-electron chi connectivity index (χ1n) is 7.98. The summed E-state index contributed by atoms with van der Waals surface area (Å²) in [7, 11) is 1.69. The molecule has 0 unspecified atom stereocenters. The van der Waals surface area contributed by atoms with Crippen molar-refractivity contribution in [3.8, 4) is 5.75 Å². The molecule has 3 aromatic rings. The molecule has 0 bridgehead atoms. The Morgan fingerprint density at radius 2 is 1.91 bits per heavy atom. The van der Waals surface area contributed by atoms with E-state index in [4.69, 9.17) is 4.74 Å². The van der Waals surface area contributed by atoms with Crippen molar-refractivity contribution in [1.29, 1.82) is 0 Å². The van der Waals surface area contributed by atoms with Crippen LogP contribution in [-0.4, -0.2) is 23.2 Å². The minimum atomic E-state index is 0.852. The van der Waals surface area contributed by atoms with Crippen molar-refractivity contribution in [3.05, 3.63) is 54.0 Å². The maximum Gasteiger partial charge on any atom is 0.121 e. The van der Waals surface area contributed by atoms with Crippen LogP contribution in [0.25, 0.3) is 10.9 Å². The second kappa shape index (κ2) is 6.73. The topological polar surface area (TPSA) is 39.1 Å². The highest BCUT2D eigenvalue weighted by Gasteiger charge is 2.06. The molecule has 4 nitrogen and oxygen atoms in total. The predicted octanol–water partition coefficient (Wildman–Crippen LogP) is 4.16. The van der Waals surface area contributed by atoms with Crippen molar-refractivity contribution >= 4 is 16.6 Å². The van der Waals surface area contributed by atoms with Gasteiger partial charge in [0.05, 0.1) is 18.3 Å². The lowest BCUT2D eigenvalue weighted by Crippen LogP contribution is -2.09. The van der Waals surface area contributed by atoms with Gasteiger partial charge in [-0.2, -0.15) is 0 Å². The maximum absolute atomic E-state index is 5.39. The zero-order chi connectivity index (χ0) is 16.2. The molecule has 2 heterocycles. The molecule has 0 aliphatic heterocycles. The number of fused-ring (bicyclic) bond motifs is 1. The molecule has 2 aromatic heterocycles. The summed E-state index contributed by atoms with van der Waals surface area (Å²) in [5.74, 6) is 0.852. The molecule has 0 saturated carbocycles. The number of methoxy groups -OCH3 is 1. The molecule has 0 atom stereocenters. The van der Waals surface area contributed by atoms with Gasteiger partial charge in [-0.1, -0.05) is 6.07 Å². The van der Waals surface area contributed by atoms with Gasteiger partial charge in [0.1, 0.15) is 5.75 Å². The lowest BCUT2D eigenvalue weighted by Gasteiger charge is -2.13.